The number of carbonyl (C=O) groups is 1. The van der Waals surface area contributed by atoms with Crippen LogP contribution in [0.15, 0.2) is 87.8 Å². The van der Waals surface area contributed by atoms with Crippen LogP contribution in [0.25, 0.3) is 6.08 Å². The lowest BCUT2D eigenvalue weighted by molar-refractivity contribution is -0.139. The minimum Gasteiger partial charge on any atom is -0.494 e. The van der Waals surface area contributed by atoms with Crippen LogP contribution in [-0.4, -0.2) is 30.4 Å². The molecule has 0 saturated carbocycles. The highest BCUT2D eigenvalue weighted by molar-refractivity contribution is 7.07. The molecule has 1 aliphatic rings. The van der Waals surface area contributed by atoms with Crippen LogP contribution in [0.1, 0.15) is 50.4 Å². The first-order valence-electron chi connectivity index (χ1n) is 14.4. The van der Waals surface area contributed by atoms with Gasteiger partial charge in [-0.1, -0.05) is 59.3 Å². The van der Waals surface area contributed by atoms with Crippen molar-refractivity contribution in [1.29, 1.82) is 0 Å². The van der Waals surface area contributed by atoms with Crippen LogP contribution < -0.4 is 29.1 Å². The van der Waals surface area contributed by atoms with Crippen molar-refractivity contribution in [3.63, 3.8) is 0 Å². The predicted molar refractivity (Wildman–Crippen MR) is 171 cm³/mol. The molecule has 0 spiro atoms. The summed E-state index contributed by atoms with van der Waals surface area (Å²) in [6.07, 6.45) is 1.80. The van der Waals surface area contributed by atoms with Crippen LogP contribution in [-0.2, 0) is 16.1 Å². The molecule has 1 atom stereocenters. The van der Waals surface area contributed by atoms with E-state index >= 15 is 0 Å². The summed E-state index contributed by atoms with van der Waals surface area (Å²) in [7, 11) is 0. The molecule has 0 unspecified atom stereocenters. The minimum atomic E-state index is -0.766. The molecule has 228 valence electrons. The van der Waals surface area contributed by atoms with Crippen LogP contribution in [0.4, 0.5) is 0 Å². The number of allylic oxidation sites excluding steroid dienone is 1. The topological polar surface area (TPSA) is 88.4 Å². The van der Waals surface area contributed by atoms with E-state index in [-0.39, 0.29) is 12.2 Å². The number of hydrogen-bond acceptors (Lipinski definition) is 8. The molecule has 1 aromatic heterocycles. The van der Waals surface area contributed by atoms with Crippen molar-refractivity contribution in [3.8, 4) is 17.2 Å². The van der Waals surface area contributed by atoms with Crippen molar-refractivity contribution < 1.29 is 23.7 Å². The predicted octanol–water partition coefficient (Wildman–Crippen LogP) is 5.83. The van der Waals surface area contributed by atoms with E-state index in [0.29, 0.717) is 68.3 Å². The van der Waals surface area contributed by atoms with Gasteiger partial charge in [0, 0.05) is 10.6 Å². The molecule has 8 nitrogen and oxygen atoms in total. The van der Waals surface area contributed by atoms with E-state index in [1.54, 1.807) is 24.5 Å². The molecule has 0 amide bonds. The number of nitrogens with zero attached hydrogens (tertiary/aromatic N) is 2. The summed E-state index contributed by atoms with van der Waals surface area (Å²) in [6, 6.07) is 19.6. The minimum absolute atomic E-state index is 0.196. The Bertz CT molecular complexity index is 1880. The first kappa shape index (κ1) is 31.1. The zero-order valence-corrected chi connectivity index (χ0v) is 26.5. The Hall–Kier alpha value is -4.34. The zero-order valence-electron chi connectivity index (χ0n) is 25.0. The maximum absolute atomic E-state index is 14.1. The van der Waals surface area contributed by atoms with Gasteiger partial charge in [0.1, 0.15) is 18.4 Å². The van der Waals surface area contributed by atoms with Crippen molar-refractivity contribution in [2.24, 2.45) is 4.99 Å². The largest absolute Gasteiger partial charge is 0.494 e. The lowest BCUT2D eigenvalue weighted by atomic mass is 9.95. The van der Waals surface area contributed by atoms with Gasteiger partial charge in [-0.15, -0.1) is 0 Å². The monoisotopic (exact) mass is 632 g/mol. The summed E-state index contributed by atoms with van der Waals surface area (Å²) >= 11 is 7.26. The van der Waals surface area contributed by atoms with Gasteiger partial charge >= 0.3 is 5.97 Å². The molecule has 0 fully saturated rings. The van der Waals surface area contributed by atoms with Crippen LogP contribution in [0.3, 0.4) is 0 Å². The first-order valence-corrected chi connectivity index (χ1v) is 15.6. The van der Waals surface area contributed by atoms with Crippen LogP contribution in [0, 0.1) is 0 Å². The Morgan fingerprint density at radius 2 is 1.66 bits per heavy atom. The number of carbonyl (C=O) groups excluding carboxylic acids is 1. The van der Waals surface area contributed by atoms with Gasteiger partial charge in [-0.2, -0.15) is 0 Å². The van der Waals surface area contributed by atoms with Gasteiger partial charge in [0.2, 0.25) is 0 Å². The Kier molecular flexibility index (Phi) is 9.87. The van der Waals surface area contributed by atoms with E-state index in [2.05, 4.69) is 4.99 Å². The van der Waals surface area contributed by atoms with Gasteiger partial charge in [-0.25, -0.2) is 9.79 Å². The summed E-state index contributed by atoms with van der Waals surface area (Å²) in [5, 5.41) is 0.662. The lowest BCUT2D eigenvalue weighted by Crippen LogP contribution is -2.40. The Labute approximate surface area is 264 Å². The Balaban J connectivity index is 1.57. The molecule has 3 aromatic carbocycles. The molecule has 0 N–H and O–H groups in total. The van der Waals surface area contributed by atoms with Gasteiger partial charge < -0.3 is 18.9 Å². The van der Waals surface area contributed by atoms with Crippen molar-refractivity contribution in [2.75, 3.05) is 19.8 Å². The van der Waals surface area contributed by atoms with E-state index in [1.807, 2.05) is 80.6 Å². The standard InChI is InChI=1S/C34H33ClN2O6S/c1-5-40-26-11-9-8-10-25(26)31-30(33(39)42-7-3)21(4)36-34-37(31)32(38)29(44-34)19-23-14-17-27(28(18-23)41-6-2)43-20-22-12-15-24(35)16-13-22/h8-19,31H,5-7,20H2,1-4H3/b29-19-/t31-/m0/s1. The Morgan fingerprint density at radius 1 is 0.932 bits per heavy atom. The van der Waals surface area contributed by atoms with E-state index in [1.165, 1.54) is 11.3 Å². The SMILES string of the molecule is CCOC(=O)C1=C(C)N=c2s/c(=C\c3ccc(OCc4ccc(Cl)cc4)c(OCC)c3)c(=O)n2[C@H]1c1ccccc1OCC. The van der Waals surface area contributed by atoms with Gasteiger partial charge in [0.25, 0.3) is 5.56 Å². The molecule has 0 aliphatic carbocycles. The van der Waals surface area contributed by atoms with Crippen molar-refractivity contribution in [2.45, 2.75) is 40.3 Å². The van der Waals surface area contributed by atoms with Crippen molar-refractivity contribution in [3.05, 3.63) is 119 Å². The van der Waals surface area contributed by atoms with Gasteiger partial charge in [0.15, 0.2) is 16.3 Å². The molecular weight excluding hydrogens is 600 g/mol. The van der Waals surface area contributed by atoms with E-state index < -0.39 is 12.0 Å². The molecule has 0 radical (unpaired) electrons. The van der Waals surface area contributed by atoms with Crippen LogP contribution in [0.5, 0.6) is 17.2 Å². The van der Waals surface area contributed by atoms with E-state index in [0.717, 1.165) is 11.1 Å². The molecule has 5 rings (SSSR count). The van der Waals surface area contributed by atoms with Crippen LogP contribution >= 0.6 is 22.9 Å². The molecule has 44 heavy (non-hydrogen) atoms. The number of benzene rings is 3. The second-order valence-corrected chi connectivity index (χ2v) is 11.3. The maximum Gasteiger partial charge on any atom is 0.338 e. The highest BCUT2D eigenvalue weighted by atomic mass is 35.5. The summed E-state index contributed by atoms with van der Waals surface area (Å²) in [5.74, 6) is 1.21. The Morgan fingerprint density at radius 3 is 2.39 bits per heavy atom. The number of halogens is 1. The second kappa shape index (κ2) is 14.0. The highest BCUT2D eigenvalue weighted by Crippen LogP contribution is 2.36. The third-order valence-corrected chi connectivity index (χ3v) is 8.14. The molecule has 1 aliphatic heterocycles. The molecule has 4 aromatic rings. The smallest absolute Gasteiger partial charge is 0.338 e. The van der Waals surface area contributed by atoms with Gasteiger partial charge in [-0.3, -0.25) is 9.36 Å². The number of thiazole rings is 1. The molecule has 2 heterocycles. The third kappa shape index (κ3) is 6.59. The first-order chi connectivity index (χ1) is 21.3. The number of hydrogen-bond donors (Lipinski definition) is 0. The summed E-state index contributed by atoms with van der Waals surface area (Å²) in [5.41, 5.74) is 2.93. The van der Waals surface area contributed by atoms with E-state index in [9.17, 15) is 9.59 Å². The number of esters is 1. The number of fused-ring (bicyclic) bond motifs is 1. The molecular formula is C34H33ClN2O6S. The normalized spacial score (nSPS) is 14.6. The zero-order chi connectivity index (χ0) is 31.2. The fourth-order valence-corrected chi connectivity index (χ4v) is 6.15. The molecule has 0 saturated heterocycles. The van der Waals surface area contributed by atoms with E-state index in [4.69, 9.17) is 30.5 Å². The van der Waals surface area contributed by atoms with Crippen molar-refractivity contribution >= 4 is 35.0 Å². The molecule has 0 bridgehead atoms. The van der Waals surface area contributed by atoms with Crippen LogP contribution in [0.2, 0.25) is 5.02 Å². The highest BCUT2D eigenvalue weighted by Gasteiger charge is 2.35. The fraction of sp³-hybridized carbons (Fsp3) is 0.265. The number of ether oxygens (including phenoxy) is 4. The average molecular weight is 633 g/mol. The summed E-state index contributed by atoms with van der Waals surface area (Å²) in [4.78, 5) is 32.5. The average Bonchev–Trinajstić information content (AvgIpc) is 3.31. The summed E-state index contributed by atoms with van der Waals surface area (Å²) < 4.78 is 25.3. The number of aromatic nitrogens is 1. The lowest BCUT2D eigenvalue weighted by Gasteiger charge is -2.26. The second-order valence-electron chi connectivity index (χ2n) is 9.83. The fourth-order valence-electron chi connectivity index (χ4n) is 4.97. The summed E-state index contributed by atoms with van der Waals surface area (Å²) in [6.45, 7) is 8.71. The number of rotatable bonds is 11. The van der Waals surface area contributed by atoms with Gasteiger partial charge in [0.05, 0.1) is 35.6 Å². The van der Waals surface area contributed by atoms with Gasteiger partial charge in [-0.05, 0) is 75.2 Å². The number of para-hydroxylation sites is 1. The quantitative estimate of drug-likeness (QED) is 0.193. The van der Waals surface area contributed by atoms with Crippen molar-refractivity contribution in [1.82, 2.24) is 4.57 Å². The maximum atomic E-state index is 14.1. The molecule has 10 heteroatoms. The third-order valence-electron chi connectivity index (χ3n) is 6.90.